The van der Waals surface area contributed by atoms with E-state index in [0.29, 0.717) is 11.5 Å². The third-order valence-electron chi connectivity index (χ3n) is 2.35. The molecule has 17 heavy (non-hydrogen) atoms. The van der Waals surface area contributed by atoms with Crippen LogP contribution in [-0.4, -0.2) is 22.8 Å². The number of nitrogens with zero attached hydrogens (tertiary/aromatic N) is 1. The number of allylic oxidation sites excluding steroid dienone is 2. The molecular weight excluding hydrogens is 222 g/mol. The van der Waals surface area contributed by atoms with Gasteiger partial charge in [0, 0.05) is 19.3 Å². The Morgan fingerprint density at radius 2 is 1.94 bits per heavy atom. The van der Waals surface area contributed by atoms with Gasteiger partial charge in [-0.1, -0.05) is 19.1 Å². The monoisotopic (exact) mass is 239 g/mol. The van der Waals surface area contributed by atoms with E-state index < -0.39 is 17.8 Å². The van der Waals surface area contributed by atoms with E-state index in [1.807, 2.05) is 19.1 Å². The minimum atomic E-state index is -0.529. The van der Waals surface area contributed by atoms with Crippen LogP contribution >= 0.6 is 0 Å². The summed E-state index contributed by atoms with van der Waals surface area (Å²) in [5.74, 6) is -1.40. The summed E-state index contributed by atoms with van der Waals surface area (Å²) < 4.78 is 0. The maximum atomic E-state index is 11.3. The Bertz CT molecular complexity index is 319. The number of carbonyl (C=O) groups is 3. The van der Waals surface area contributed by atoms with Crippen molar-refractivity contribution >= 4 is 17.8 Å². The van der Waals surface area contributed by atoms with Crippen molar-refractivity contribution in [3.63, 3.8) is 0 Å². The van der Waals surface area contributed by atoms with Gasteiger partial charge < -0.3 is 4.84 Å². The second kappa shape index (κ2) is 6.83. The van der Waals surface area contributed by atoms with Gasteiger partial charge in [-0.15, -0.1) is 5.06 Å². The van der Waals surface area contributed by atoms with Crippen molar-refractivity contribution in [3.05, 3.63) is 12.2 Å². The van der Waals surface area contributed by atoms with Gasteiger partial charge in [-0.3, -0.25) is 9.59 Å². The molecule has 1 rings (SSSR count). The highest BCUT2D eigenvalue weighted by Gasteiger charge is 2.32. The van der Waals surface area contributed by atoms with Crippen LogP contribution in [0.2, 0.25) is 0 Å². The number of carbonyl (C=O) groups excluding carboxylic acids is 3. The van der Waals surface area contributed by atoms with Gasteiger partial charge >= 0.3 is 5.97 Å². The number of unbranched alkanes of at least 4 members (excludes halogenated alkanes) is 1. The van der Waals surface area contributed by atoms with E-state index in [4.69, 9.17) is 4.84 Å². The number of hydroxylamine groups is 2. The van der Waals surface area contributed by atoms with Gasteiger partial charge in [0.25, 0.3) is 11.8 Å². The molecule has 1 aliphatic heterocycles. The summed E-state index contributed by atoms with van der Waals surface area (Å²) >= 11 is 0. The van der Waals surface area contributed by atoms with Gasteiger partial charge in [0.2, 0.25) is 0 Å². The lowest BCUT2D eigenvalue weighted by atomic mass is 10.2. The first-order valence-electron chi connectivity index (χ1n) is 5.86. The van der Waals surface area contributed by atoms with E-state index >= 15 is 0 Å². The molecule has 0 aromatic carbocycles. The Labute approximate surface area is 100 Å². The molecular formula is C12H17NO4. The molecule has 0 atom stereocenters. The molecule has 0 bridgehead atoms. The first-order chi connectivity index (χ1) is 8.15. The lowest BCUT2D eigenvalue weighted by molar-refractivity contribution is -0.197. The summed E-state index contributed by atoms with van der Waals surface area (Å²) in [5, 5.41) is 0.588. The van der Waals surface area contributed by atoms with Gasteiger partial charge in [-0.05, 0) is 19.3 Å². The molecule has 0 N–H and O–H groups in total. The molecule has 5 heteroatoms. The molecule has 0 aromatic heterocycles. The summed E-state index contributed by atoms with van der Waals surface area (Å²) in [6, 6.07) is 0. The Balaban J connectivity index is 2.23. The molecule has 1 fully saturated rings. The molecule has 5 nitrogen and oxygen atoms in total. The van der Waals surface area contributed by atoms with E-state index in [-0.39, 0.29) is 19.3 Å². The molecule has 1 aliphatic rings. The van der Waals surface area contributed by atoms with Crippen LogP contribution < -0.4 is 0 Å². The molecule has 2 amide bonds. The zero-order chi connectivity index (χ0) is 12.7. The van der Waals surface area contributed by atoms with Gasteiger partial charge in [0.05, 0.1) is 0 Å². The first kappa shape index (κ1) is 13.4. The molecule has 0 saturated carbocycles. The Kier molecular flexibility index (Phi) is 5.39. The van der Waals surface area contributed by atoms with Gasteiger partial charge in [0.1, 0.15) is 0 Å². The van der Waals surface area contributed by atoms with E-state index in [2.05, 4.69) is 0 Å². The summed E-state index contributed by atoms with van der Waals surface area (Å²) in [4.78, 5) is 38.3. The zero-order valence-electron chi connectivity index (χ0n) is 9.98. The topological polar surface area (TPSA) is 63.7 Å². The highest BCUT2D eigenvalue weighted by molar-refractivity contribution is 6.01. The molecule has 0 aliphatic carbocycles. The fraction of sp³-hybridized carbons (Fsp3) is 0.583. The third kappa shape index (κ3) is 4.38. The van der Waals surface area contributed by atoms with Gasteiger partial charge in [-0.2, -0.15) is 0 Å². The second-order valence-corrected chi connectivity index (χ2v) is 3.82. The predicted octanol–water partition coefficient (Wildman–Crippen LogP) is 1.73. The van der Waals surface area contributed by atoms with Crippen molar-refractivity contribution in [2.24, 2.45) is 0 Å². The van der Waals surface area contributed by atoms with Crippen LogP contribution in [0.1, 0.15) is 45.4 Å². The highest BCUT2D eigenvalue weighted by atomic mass is 16.7. The van der Waals surface area contributed by atoms with Crippen molar-refractivity contribution in [2.75, 3.05) is 0 Å². The lowest BCUT2D eigenvalue weighted by Crippen LogP contribution is -2.31. The quantitative estimate of drug-likeness (QED) is 0.402. The van der Waals surface area contributed by atoms with Crippen LogP contribution in [0.4, 0.5) is 0 Å². The van der Waals surface area contributed by atoms with E-state index in [1.165, 1.54) is 0 Å². The maximum absolute atomic E-state index is 11.3. The van der Waals surface area contributed by atoms with Crippen LogP contribution in [0.25, 0.3) is 0 Å². The molecule has 0 spiro atoms. The lowest BCUT2D eigenvalue weighted by Gasteiger charge is -2.11. The number of imide groups is 1. The third-order valence-corrected chi connectivity index (χ3v) is 2.35. The number of rotatable bonds is 6. The predicted molar refractivity (Wildman–Crippen MR) is 60.5 cm³/mol. The van der Waals surface area contributed by atoms with Crippen LogP contribution in [0, 0.1) is 0 Å². The van der Waals surface area contributed by atoms with E-state index in [0.717, 1.165) is 12.8 Å². The van der Waals surface area contributed by atoms with Gasteiger partial charge in [0.15, 0.2) is 0 Å². The first-order valence-corrected chi connectivity index (χ1v) is 5.86. The summed E-state index contributed by atoms with van der Waals surface area (Å²) in [6.07, 6.45) is 6.93. The van der Waals surface area contributed by atoms with Crippen molar-refractivity contribution in [1.82, 2.24) is 5.06 Å². The molecule has 0 unspecified atom stereocenters. The normalized spacial score (nSPS) is 15.9. The summed E-state index contributed by atoms with van der Waals surface area (Å²) in [6.45, 7) is 2.04. The molecule has 0 aromatic rings. The maximum Gasteiger partial charge on any atom is 0.333 e. The minimum absolute atomic E-state index is 0.130. The number of amides is 2. The Hall–Kier alpha value is -1.65. The number of hydrogen-bond donors (Lipinski definition) is 0. The second-order valence-electron chi connectivity index (χ2n) is 3.82. The number of hydrogen-bond acceptors (Lipinski definition) is 4. The van der Waals surface area contributed by atoms with Crippen molar-refractivity contribution < 1.29 is 19.2 Å². The summed E-state index contributed by atoms with van der Waals surface area (Å²) in [7, 11) is 0. The SMILES string of the molecule is CC/C=C/CCCC(=O)ON1C(=O)CCC1=O. The molecule has 1 saturated heterocycles. The van der Waals surface area contributed by atoms with E-state index in [1.54, 1.807) is 0 Å². The van der Waals surface area contributed by atoms with Crippen LogP contribution in [0.3, 0.4) is 0 Å². The molecule has 1 heterocycles. The average Bonchev–Trinajstić information content (AvgIpc) is 2.60. The Morgan fingerprint density at radius 1 is 1.29 bits per heavy atom. The fourth-order valence-corrected chi connectivity index (χ4v) is 1.45. The van der Waals surface area contributed by atoms with Gasteiger partial charge in [-0.25, -0.2) is 4.79 Å². The van der Waals surface area contributed by atoms with Crippen LogP contribution in [0.15, 0.2) is 12.2 Å². The average molecular weight is 239 g/mol. The smallest absolute Gasteiger partial charge is 0.330 e. The van der Waals surface area contributed by atoms with Crippen LogP contribution in [0.5, 0.6) is 0 Å². The summed E-state index contributed by atoms with van der Waals surface area (Å²) in [5.41, 5.74) is 0. The highest BCUT2D eigenvalue weighted by Crippen LogP contribution is 2.13. The zero-order valence-corrected chi connectivity index (χ0v) is 9.98. The van der Waals surface area contributed by atoms with Crippen molar-refractivity contribution in [2.45, 2.75) is 45.4 Å². The van der Waals surface area contributed by atoms with E-state index in [9.17, 15) is 14.4 Å². The molecule has 94 valence electrons. The largest absolute Gasteiger partial charge is 0.333 e. The molecule has 0 radical (unpaired) electrons. The minimum Gasteiger partial charge on any atom is -0.330 e. The van der Waals surface area contributed by atoms with Crippen molar-refractivity contribution in [1.29, 1.82) is 0 Å². The van der Waals surface area contributed by atoms with Crippen LogP contribution in [-0.2, 0) is 19.2 Å². The van der Waals surface area contributed by atoms with Crippen molar-refractivity contribution in [3.8, 4) is 0 Å². The Morgan fingerprint density at radius 3 is 2.53 bits per heavy atom. The fourth-order valence-electron chi connectivity index (χ4n) is 1.45. The standard InChI is InChI=1S/C12H17NO4/c1-2-3-4-5-6-7-12(16)17-13-10(14)8-9-11(13)15/h3-4H,2,5-9H2,1H3/b4-3+.